The van der Waals surface area contributed by atoms with E-state index in [2.05, 4.69) is 6.07 Å². The molecule has 7 nitrogen and oxygen atoms in total. The number of aromatic nitrogens is 2. The van der Waals surface area contributed by atoms with Gasteiger partial charge < -0.3 is 10.6 Å². The first-order valence-corrected chi connectivity index (χ1v) is 10.5. The SMILES string of the molecule is N#Cc1cccc(-c2nn(-c3ccccc3)cc2C=CC(=O)N2CCCCC2C(N)=O)c1. The molecule has 0 spiro atoms. The standard InChI is InChI=1S/C25H23N5O2/c26-16-18-7-6-8-19(15-18)24-20(17-30(28-24)21-9-2-1-3-10-21)12-13-23(31)29-14-5-4-11-22(29)25(27)32/h1-3,6-10,12-13,15,17,22H,4-5,11,14H2,(H2,27,32). The van der Waals surface area contributed by atoms with E-state index in [0.29, 0.717) is 24.2 Å². The van der Waals surface area contributed by atoms with E-state index < -0.39 is 11.9 Å². The van der Waals surface area contributed by atoms with Gasteiger partial charge in [0, 0.05) is 29.9 Å². The van der Waals surface area contributed by atoms with E-state index in [1.165, 1.54) is 6.08 Å². The molecule has 1 aliphatic rings. The van der Waals surface area contributed by atoms with Gasteiger partial charge in [0.25, 0.3) is 0 Å². The van der Waals surface area contributed by atoms with Crippen LogP contribution in [0.5, 0.6) is 0 Å². The van der Waals surface area contributed by atoms with E-state index >= 15 is 0 Å². The van der Waals surface area contributed by atoms with E-state index in [4.69, 9.17) is 10.8 Å². The van der Waals surface area contributed by atoms with Gasteiger partial charge >= 0.3 is 0 Å². The minimum atomic E-state index is -0.570. The van der Waals surface area contributed by atoms with Gasteiger partial charge in [-0.3, -0.25) is 9.59 Å². The van der Waals surface area contributed by atoms with Crippen LogP contribution in [0.3, 0.4) is 0 Å². The Hall–Kier alpha value is -4.18. The first-order valence-electron chi connectivity index (χ1n) is 10.5. The van der Waals surface area contributed by atoms with E-state index in [0.717, 1.165) is 29.7 Å². The van der Waals surface area contributed by atoms with Crippen molar-refractivity contribution >= 4 is 17.9 Å². The Bertz CT molecular complexity index is 1210. The fraction of sp³-hybridized carbons (Fsp3) is 0.200. The molecule has 1 aliphatic heterocycles. The normalized spacial score (nSPS) is 16.1. The van der Waals surface area contributed by atoms with Gasteiger partial charge in [-0.25, -0.2) is 4.68 Å². The molecule has 1 aromatic heterocycles. The summed E-state index contributed by atoms with van der Waals surface area (Å²) >= 11 is 0. The number of nitrogens with zero attached hydrogens (tertiary/aromatic N) is 4. The highest BCUT2D eigenvalue weighted by molar-refractivity contribution is 5.96. The van der Waals surface area contributed by atoms with Crippen molar-refractivity contribution in [2.45, 2.75) is 25.3 Å². The topological polar surface area (TPSA) is 105 Å². The first-order chi connectivity index (χ1) is 15.6. The maximum absolute atomic E-state index is 12.9. The average molecular weight is 425 g/mol. The number of carbonyl (C=O) groups excluding carboxylic acids is 2. The lowest BCUT2D eigenvalue weighted by atomic mass is 10.0. The number of piperidine rings is 1. The number of amides is 2. The Morgan fingerprint density at radius 1 is 1.12 bits per heavy atom. The molecule has 0 saturated carbocycles. The lowest BCUT2D eigenvalue weighted by molar-refractivity contribution is -0.137. The summed E-state index contributed by atoms with van der Waals surface area (Å²) in [6, 6.07) is 18.4. The molecule has 4 rings (SSSR count). The fourth-order valence-corrected chi connectivity index (χ4v) is 3.93. The van der Waals surface area contributed by atoms with Crippen LogP contribution in [0.4, 0.5) is 0 Å². The highest BCUT2D eigenvalue weighted by atomic mass is 16.2. The van der Waals surface area contributed by atoms with Crippen molar-refractivity contribution in [2.75, 3.05) is 6.54 Å². The Labute approximate surface area is 186 Å². The van der Waals surface area contributed by atoms with Crippen LogP contribution in [0.2, 0.25) is 0 Å². The highest BCUT2D eigenvalue weighted by Gasteiger charge is 2.29. The number of hydrogen-bond donors (Lipinski definition) is 1. The zero-order valence-corrected chi connectivity index (χ0v) is 17.5. The van der Waals surface area contributed by atoms with Crippen molar-refractivity contribution in [3.8, 4) is 23.0 Å². The molecule has 3 aromatic rings. The molecule has 2 amide bonds. The molecule has 1 saturated heterocycles. The van der Waals surface area contributed by atoms with E-state index in [1.807, 2.05) is 42.6 Å². The molecule has 1 fully saturated rings. The predicted octanol–water partition coefficient (Wildman–Crippen LogP) is 3.29. The molecule has 2 N–H and O–H groups in total. The second-order valence-electron chi connectivity index (χ2n) is 7.68. The average Bonchev–Trinajstić information content (AvgIpc) is 3.27. The van der Waals surface area contributed by atoms with E-state index in [9.17, 15) is 14.9 Å². The van der Waals surface area contributed by atoms with Gasteiger partial charge in [-0.2, -0.15) is 10.4 Å². The summed E-state index contributed by atoms with van der Waals surface area (Å²) in [6.07, 6.45) is 7.33. The Morgan fingerprint density at radius 3 is 2.69 bits per heavy atom. The van der Waals surface area contributed by atoms with Crippen molar-refractivity contribution in [1.29, 1.82) is 5.26 Å². The quantitative estimate of drug-likeness (QED) is 0.633. The number of benzene rings is 2. The van der Waals surface area contributed by atoms with Crippen LogP contribution >= 0.6 is 0 Å². The van der Waals surface area contributed by atoms with Gasteiger partial charge in [0.15, 0.2) is 0 Å². The summed E-state index contributed by atoms with van der Waals surface area (Å²) in [7, 11) is 0. The number of para-hydroxylation sites is 1. The van der Waals surface area contributed by atoms with Gasteiger partial charge in [0.2, 0.25) is 11.8 Å². The zero-order valence-electron chi connectivity index (χ0n) is 17.5. The summed E-state index contributed by atoms with van der Waals surface area (Å²) < 4.78 is 1.74. The number of rotatable bonds is 5. The number of likely N-dealkylation sites (tertiary alicyclic amines) is 1. The van der Waals surface area contributed by atoms with E-state index in [1.54, 1.807) is 33.9 Å². The minimum absolute atomic E-state index is 0.252. The van der Waals surface area contributed by atoms with Gasteiger partial charge in [0.1, 0.15) is 6.04 Å². The molecule has 2 aromatic carbocycles. The van der Waals surface area contributed by atoms with Crippen molar-refractivity contribution in [3.05, 3.63) is 78.0 Å². The monoisotopic (exact) mass is 425 g/mol. The molecule has 0 bridgehead atoms. The first kappa shape index (κ1) is 21.1. The molecular weight excluding hydrogens is 402 g/mol. The Kier molecular flexibility index (Phi) is 6.13. The third-order valence-corrected chi connectivity index (χ3v) is 5.55. The third kappa shape index (κ3) is 4.44. The summed E-state index contributed by atoms with van der Waals surface area (Å²) in [5.74, 6) is -0.727. The number of nitriles is 1. The molecule has 1 unspecified atom stereocenters. The number of nitrogens with two attached hydrogens (primary N) is 1. The molecule has 0 radical (unpaired) electrons. The molecule has 2 heterocycles. The molecule has 32 heavy (non-hydrogen) atoms. The lowest BCUT2D eigenvalue weighted by Crippen LogP contribution is -2.49. The summed E-state index contributed by atoms with van der Waals surface area (Å²) in [4.78, 5) is 26.2. The summed E-state index contributed by atoms with van der Waals surface area (Å²) in [6.45, 7) is 0.511. The molecule has 7 heteroatoms. The van der Waals surface area contributed by atoms with Crippen LogP contribution in [-0.2, 0) is 9.59 Å². The Balaban J connectivity index is 1.70. The maximum atomic E-state index is 12.9. The smallest absolute Gasteiger partial charge is 0.247 e. The van der Waals surface area contributed by atoms with Crippen LogP contribution in [0.15, 0.2) is 66.9 Å². The van der Waals surface area contributed by atoms with Crippen LogP contribution in [0, 0.1) is 11.3 Å². The van der Waals surface area contributed by atoms with Gasteiger partial charge in [-0.1, -0.05) is 30.3 Å². The maximum Gasteiger partial charge on any atom is 0.247 e. The zero-order chi connectivity index (χ0) is 22.5. The largest absolute Gasteiger partial charge is 0.368 e. The van der Waals surface area contributed by atoms with Gasteiger partial charge in [-0.15, -0.1) is 0 Å². The van der Waals surface area contributed by atoms with Crippen LogP contribution in [0.1, 0.15) is 30.4 Å². The predicted molar refractivity (Wildman–Crippen MR) is 121 cm³/mol. The lowest BCUT2D eigenvalue weighted by Gasteiger charge is -2.32. The van der Waals surface area contributed by atoms with Crippen LogP contribution < -0.4 is 5.73 Å². The van der Waals surface area contributed by atoms with Gasteiger partial charge in [0.05, 0.1) is 23.0 Å². The van der Waals surface area contributed by atoms with Crippen molar-refractivity contribution in [2.24, 2.45) is 5.73 Å². The number of carbonyl (C=O) groups is 2. The molecule has 0 aliphatic carbocycles. The van der Waals surface area contributed by atoms with Gasteiger partial charge in [-0.05, 0) is 49.6 Å². The molecule has 160 valence electrons. The number of hydrogen-bond acceptors (Lipinski definition) is 4. The highest BCUT2D eigenvalue weighted by Crippen LogP contribution is 2.26. The van der Waals surface area contributed by atoms with Crippen molar-refractivity contribution < 1.29 is 9.59 Å². The Morgan fingerprint density at radius 2 is 1.94 bits per heavy atom. The van der Waals surface area contributed by atoms with E-state index in [-0.39, 0.29) is 5.91 Å². The third-order valence-electron chi connectivity index (χ3n) is 5.55. The fourth-order valence-electron chi connectivity index (χ4n) is 3.93. The van der Waals surface area contributed by atoms with Crippen LogP contribution in [0.25, 0.3) is 23.0 Å². The minimum Gasteiger partial charge on any atom is -0.368 e. The summed E-state index contributed by atoms with van der Waals surface area (Å²) in [5, 5.41) is 14.0. The molecule has 1 atom stereocenters. The second kappa shape index (κ2) is 9.31. The van der Waals surface area contributed by atoms with Crippen molar-refractivity contribution in [3.63, 3.8) is 0 Å². The second-order valence-corrected chi connectivity index (χ2v) is 7.68. The van der Waals surface area contributed by atoms with Crippen molar-refractivity contribution in [1.82, 2.24) is 14.7 Å². The number of primary amides is 1. The van der Waals surface area contributed by atoms with Crippen LogP contribution in [-0.4, -0.2) is 39.1 Å². The molecular formula is C25H23N5O2. The summed E-state index contributed by atoms with van der Waals surface area (Å²) in [5.41, 5.74) is 9.06.